The molecule has 0 aliphatic carbocycles. The maximum atomic E-state index is 12.4. The number of aromatic nitrogens is 1. The van der Waals surface area contributed by atoms with Crippen LogP contribution in [-0.4, -0.2) is 10.8 Å². The molecule has 9 heteroatoms. The van der Waals surface area contributed by atoms with Crippen molar-refractivity contribution in [3.63, 3.8) is 0 Å². The number of hydrogen-bond acceptors (Lipinski definition) is 3. The van der Waals surface area contributed by atoms with Crippen LogP contribution in [0.1, 0.15) is 21.6 Å². The van der Waals surface area contributed by atoms with Gasteiger partial charge in [-0.1, -0.05) is 34.8 Å². The molecule has 2 aromatic rings. The van der Waals surface area contributed by atoms with Gasteiger partial charge in [-0.25, -0.2) is 4.98 Å². The summed E-state index contributed by atoms with van der Waals surface area (Å²) >= 11 is 18.1. The number of pyridine rings is 1. The summed E-state index contributed by atoms with van der Waals surface area (Å²) in [4.78, 5) is 15.3. The van der Waals surface area contributed by atoms with E-state index in [-0.39, 0.29) is 19.8 Å². The smallest absolute Gasteiger partial charge is 0.288 e. The molecule has 20 heavy (non-hydrogen) atoms. The second-order valence-electron chi connectivity index (χ2n) is 3.60. The molecule has 2 rings (SSSR count). The van der Waals surface area contributed by atoms with Crippen molar-refractivity contribution in [2.45, 2.75) is 6.18 Å². The zero-order valence-corrected chi connectivity index (χ0v) is 12.3. The number of rotatable bonds is 2. The minimum Gasteiger partial charge on any atom is -0.288 e. The Balaban J connectivity index is 2.44. The second kappa shape index (κ2) is 5.52. The lowest BCUT2D eigenvalue weighted by Gasteiger charge is -2.08. The Morgan fingerprint density at radius 3 is 2.25 bits per heavy atom. The van der Waals surface area contributed by atoms with Crippen LogP contribution in [0.5, 0.6) is 0 Å². The van der Waals surface area contributed by atoms with Crippen molar-refractivity contribution in [2.75, 3.05) is 0 Å². The average Bonchev–Trinajstić information content (AvgIpc) is 2.66. The summed E-state index contributed by atoms with van der Waals surface area (Å²) in [6.45, 7) is 0. The van der Waals surface area contributed by atoms with Crippen molar-refractivity contribution >= 4 is 51.9 Å². The summed E-state index contributed by atoms with van der Waals surface area (Å²) in [5.41, 5.74) is -1.27. The highest BCUT2D eigenvalue weighted by Gasteiger charge is 2.33. The van der Waals surface area contributed by atoms with Gasteiger partial charge in [0, 0.05) is 0 Å². The quantitative estimate of drug-likeness (QED) is 0.533. The lowest BCUT2D eigenvalue weighted by molar-refractivity contribution is -0.141. The standard InChI is InChI=1S/C11H3Cl3F3NOS/c12-7-3-5(10(14)20-7)8(19)4-1-2-6(11(15,16)17)18-9(4)13/h1-3H. The lowest BCUT2D eigenvalue weighted by Crippen LogP contribution is -2.10. The minimum atomic E-state index is -4.63. The molecular formula is C11H3Cl3F3NOS. The summed E-state index contributed by atoms with van der Waals surface area (Å²) in [5.74, 6) is -0.635. The molecule has 0 aromatic carbocycles. The number of carbonyl (C=O) groups is 1. The fraction of sp³-hybridized carbons (Fsp3) is 0.0909. The Hall–Kier alpha value is -0.820. The Kier molecular flexibility index (Phi) is 4.30. The summed E-state index contributed by atoms with van der Waals surface area (Å²) in [5, 5.41) is -0.539. The summed E-state index contributed by atoms with van der Waals surface area (Å²) in [6, 6.07) is 2.97. The first-order chi connectivity index (χ1) is 9.20. The third kappa shape index (κ3) is 3.09. The molecule has 2 aromatic heterocycles. The molecule has 0 aliphatic rings. The van der Waals surface area contributed by atoms with Crippen molar-refractivity contribution < 1.29 is 18.0 Å². The monoisotopic (exact) mass is 359 g/mol. The van der Waals surface area contributed by atoms with Gasteiger partial charge in [-0.05, 0) is 18.2 Å². The number of ketones is 1. The van der Waals surface area contributed by atoms with E-state index < -0.39 is 22.8 Å². The van der Waals surface area contributed by atoms with Crippen molar-refractivity contribution in [3.8, 4) is 0 Å². The van der Waals surface area contributed by atoms with Crippen LogP contribution in [-0.2, 0) is 6.18 Å². The van der Waals surface area contributed by atoms with E-state index in [0.29, 0.717) is 6.07 Å². The molecule has 0 bridgehead atoms. The Bertz CT molecular complexity index is 684. The van der Waals surface area contributed by atoms with Gasteiger partial charge < -0.3 is 0 Å². The van der Waals surface area contributed by atoms with Gasteiger partial charge in [-0.2, -0.15) is 13.2 Å². The van der Waals surface area contributed by atoms with E-state index in [1.54, 1.807) is 0 Å². The second-order valence-corrected chi connectivity index (χ2v) is 6.24. The average molecular weight is 361 g/mol. The third-order valence-corrected chi connectivity index (χ3v) is 4.06. The van der Waals surface area contributed by atoms with Gasteiger partial charge in [0.05, 0.1) is 15.5 Å². The van der Waals surface area contributed by atoms with Gasteiger partial charge in [0.1, 0.15) is 15.2 Å². The molecule has 0 spiro atoms. The van der Waals surface area contributed by atoms with Crippen LogP contribution < -0.4 is 0 Å². The molecule has 2 heterocycles. The molecule has 0 aliphatic heterocycles. The van der Waals surface area contributed by atoms with Crippen molar-refractivity contribution in [3.05, 3.63) is 48.8 Å². The third-order valence-electron chi connectivity index (χ3n) is 2.29. The van der Waals surface area contributed by atoms with E-state index in [2.05, 4.69) is 4.98 Å². The minimum absolute atomic E-state index is 0.0742. The molecule has 0 saturated heterocycles. The van der Waals surface area contributed by atoms with Crippen LogP contribution >= 0.6 is 46.1 Å². The fourth-order valence-corrected chi connectivity index (χ4v) is 3.10. The first-order valence-corrected chi connectivity index (χ1v) is 6.88. The van der Waals surface area contributed by atoms with Gasteiger partial charge in [0.25, 0.3) is 0 Å². The number of halogens is 6. The molecule has 0 radical (unpaired) electrons. The molecule has 106 valence electrons. The highest BCUT2D eigenvalue weighted by molar-refractivity contribution is 7.20. The molecule has 0 amide bonds. The van der Waals surface area contributed by atoms with E-state index in [9.17, 15) is 18.0 Å². The molecule has 0 fully saturated rings. The number of hydrogen-bond donors (Lipinski definition) is 0. The highest BCUT2D eigenvalue weighted by atomic mass is 35.5. The van der Waals surface area contributed by atoms with Gasteiger partial charge in [0.15, 0.2) is 5.78 Å². The van der Waals surface area contributed by atoms with Crippen molar-refractivity contribution in [1.82, 2.24) is 4.98 Å². The highest BCUT2D eigenvalue weighted by Crippen LogP contribution is 2.34. The normalized spacial score (nSPS) is 11.7. The summed E-state index contributed by atoms with van der Waals surface area (Å²) in [7, 11) is 0. The van der Waals surface area contributed by atoms with Crippen LogP contribution in [0.3, 0.4) is 0 Å². The number of alkyl halides is 3. The number of carbonyl (C=O) groups excluding carboxylic acids is 1. The van der Waals surface area contributed by atoms with Crippen LogP contribution in [0.4, 0.5) is 13.2 Å². The zero-order valence-electron chi connectivity index (χ0n) is 9.26. The maximum absolute atomic E-state index is 12.4. The maximum Gasteiger partial charge on any atom is 0.433 e. The summed E-state index contributed by atoms with van der Waals surface area (Å²) in [6.07, 6.45) is -4.63. The first kappa shape index (κ1) is 15.6. The predicted molar refractivity (Wildman–Crippen MR) is 72.0 cm³/mol. The summed E-state index contributed by atoms with van der Waals surface area (Å²) < 4.78 is 37.8. The largest absolute Gasteiger partial charge is 0.433 e. The SMILES string of the molecule is O=C(c1ccc(C(F)(F)F)nc1Cl)c1cc(Cl)sc1Cl. The lowest BCUT2D eigenvalue weighted by atomic mass is 10.1. The van der Waals surface area contributed by atoms with Gasteiger partial charge >= 0.3 is 6.18 Å². The number of thiophene rings is 1. The van der Waals surface area contributed by atoms with Gasteiger partial charge in [0.2, 0.25) is 0 Å². The van der Waals surface area contributed by atoms with E-state index in [1.165, 1.54) is 6.07 Å². The molecular weight excluding hydrogens is 358 g/mol. The molecule has 0 N–H and O–H groups in total. The van der Waals surface area contributed by atoms with Crippen LogP contribution in [0.25, 0.3) is 0 Å². The fourth-order valence-electron chi connectivity index (χ4n) is 1.40. The Morgan fingerprint density at radius 1 is 1.15 bits per heavy atom. The van der Waals surface area contributed by atoms with Crippen LogP contribution in [0.15, 0.2) is 18.2 Å². The zero-order chi connectivity index (χ0) is 15.1. The molecule has 0 atom stereocenters. The van der Waals surface area contributed by atoms with E-state index in [4.69, 9.17) is 34.8 Å². The Morgan fingerprint density at radius 2 is 1.80 bits per heavy atom. The van der Waals surface area contributed by atoms with E-state index in [1.807, 2.05) is 0 Å². The van der Waals surface area contributed by atoms with Gasteiger partial charge in [-0.3, -0.25) is 4.79 Å². The van der Waals surface area contributed by atoms with Crippen molar-refractivity contribution in [1.29, 1.82) is 0 Å². The van der Waals surface area contributed by atoms with Crippen LogP contribution in [0, 0.1) is 0 Å². The molecule has 0 unspecified atom stereocenters. The molecule has 0 saturated carbocycles. The van der Waals surface area contributed by atoms with E-state index >= 15 is 0 Å². The van der Waals surface area contributed by atoms with Crippen LogP contribution in [0.2, 0.25) is 13.8 Å². The topological polar surface area (TPSA) is 30.0 Å². The van der Waals surface area contributed by atoms with Gasteiger partial charge in [-0.15, -0.1) is 11.3 Å². The molecule has 2 nitrogen and oxygen atoms in total. The first-order valence-electron chi connectivity index (χ1n) is 4.93. The van der Waals surface area contributed by atoms with E-state index in [0.717, 1.165) is 17.4 Å². The number of nitrogens with zero attached hydrogens (tertiary/aromatic N) is 1. The predicted octanol–water partition coefficient (Wildman–Crippen LogP) is 5.35. The Labute approximate surface area is 130 Å². The van der Waals surface area contributed by atoms with Crippen molar-refractivity contribution in [2.24, 2.45) is 0 Å².